The fraction of sp³-hybridized carbons (Fsp3) is 0.333. The van der Waals surface area contributed by atoms with Crippen LogP contribution in [0.2, 0.25) is 0 Å². The smallest absolute Gasteiger partial charge is 0.259 e. The number of allylic oxidation sites excluding steroid dienone is 3. The normalized spacial score (nSPS) is 16.3. The van der Waals surface area contributed by atoms with E-state index in [-0.39, 0.29) is 17.8 Å². The maximum absolute atomic E-state index is 10.2. The third-order valence-corrected chi connectivity index (χ3v) is 1.51. The minimum atomic E-state index is -0.622. The summed E-state index contributed by atoms with van der Waals surface area (Å²) < 4.78 is 0. The first-order chi connectivity index (χ1) is 5.61. The first-order valence-corrected chi connectivity index (χ1v) is 3.31. The van der Waals surface area contributed by atoms with Gasteiger partial charge in [0.1, 0.15) is 0 Å². The summed E-state index contributed by atoms with van der Waals surface area (Å²) >= 11 is 0. The van der Waals surface area contributed by atoms with Crippen LogP contribution >= 0.6 is 0 Å². The summed E-state index contributed by atoms with van der Waals surface area (Å²) in [5.74, 6) is 0. The summed E-state index contributed by atoms with van der Waals surface area (Å²) in [6, 6.07) is 0. The summed E-state index contributed by atoms with van der Waals surface area (Å²) in [7, 11) is 0. The molecule has 1 aliphatic rings. The second-order valence-corrected chi connectivity index (χ2v) is 2.32. The van der Waals surface area contributed by atoms with Crippen molar-refractivity contribution in [1.82, 2.24) is 0 Å². The number of hydrogen-bond acceptors (Lipinski definition) is 4. The Morgan fingerprint density at radius 2 is 1.92 bits per heavy atom. The van der Waals surface area contributed by atoms with Crippen molar-refractivity contribution in [2.24, 2.45) is 0 Å². The minimum Gasteiger partial charge on any atom is -0.259 e. The van der Waals surface area contributed by atoms with Gasteiger partial charge in [0, 0.05) is 6.42 Å². The van der Waals surface area contributed by atoms with Gasteiger partial charge in [-0.25, -0.2) is 0 Å². The van der Waals surface area contributed by atoms with Gasteiger partial charge >= 0.3 is 0 Å². The van der Waals surface area contributed by atoms with Crippen LogP contribution in [0.25, 0.3) is 0 Å². The lowest BCUT2D eigenvalue weighted by molar-refractivity contribution is -0.438. The zero-order valence-corrected chi connectivity index (χ0v) is 6.10. The topological polar surface area (TPSA) is 86.3 Å². The molecule has 0 saturated heterocycles. The van der Waals surface area contributed by atoms with E-state index < -0.39 is 9.85 Å². The third kappa shape index (κ3) is 1.66. The summed E-state index contributed by atoms with van der Waals surface area (Å²) in [5, 5.41) is 20.4. The Bertz CT molecular complexity index is 292. The van der Waals surface area contributed by atoms with Crippen LogP contribution in [-0.2, 0) is 0 Å². The van der Waals surface area contributed by atoms with Crippen LogP contribution in [0.15, 0.2) is 23.5 Å². The second-order valence-electron chi connectivity index (χ2n) is 2.32. The first-order valence-electron chi connectivity index (χ1n) is 3.31. The molecule has 12 heavy (non-hydrogen) atoms. The Morgan fingerprint density at radius 3 is 2.42 bits per heavy atom. The van der Waals surface area contributed by atoms with Gasteiger partial charge in [-0.2, -0.15) is 0 Å². The fourth-order valence-electron chi connectivity index (χ4n) is 0.941. The van der Waals surface area contributed by atoms with Crippen molar-refractivity contribution < 1.29 is 9.85 Å². The minimum absolute atomic E-state index is 0.0933. The monoisotopic (exact) mass is 170 g/mol. The van der Waals surface area contributed by atoms with Crippen molar-refractivity contribution in [3.63, 3.8) is 0 Å². The largest absolute Gasteiger partial charge is 0.271 e. The molecular weight excluding hydrogens is 164 g/mol. The molecule has 6 nitrogen and oxygen atoms in total. The van der Waals surface area contributed by atoms with Crippen LogP contribution in [0.1, 0.15) is 12.8 Å². The van der Waals surface area contributed by atoms with Crippen molar-refractivity contribution in [2.75, 3.05) is 0 Å². The molecule has 0 aromatic heterocycles. The number of nitro groups is 2. The molecule has 0 spiro atoms. The van der Waals surface area contributed by atoms with Gasteiger partial charge in [-0.3, -0.25) is 20.2 Å². The van der Waals surface area contributed by atoms with E-state index in [1.807, 2.05) is 0 Å². The molecule has 64 valence electrons. The van der Waals surface area contributed by atoms with E-state index in [9.17, 15) is 20.2 Å². The molecule has 0 heterocycles. The van der Waals surface area contributed by atoms with Crippen LogP contribution in [0, 0.1) is 20.2 Å². The Kier molecular flexibility index (Phi) is 2.18. The van der Waals surface area contributed by atoms with Crippen molar-refractivity contribution in [1.29, 1.82) is 0 Å². The predicted octanol–water partition coefficient (Wildman–Crippen LogP) is 1.10. The number of hydrogen-bond donors (Lipinski definition) is 0. The van der Waals surface area contributed by atoms with Gasteiger partial charge in [-0.1, -0.05) is 0 Å². The van der Waals surface area contributed by atoms with E-state index in [1.165, 1.54) is 6.08 Å². The lowest BCUT2D eigenvalue weighted by Crippen LogP contribution is -2.06. The van der Waals surface area contributed by atoms with Crippen LogP contribution in [0.3, 0.4) is 0 Å². The van der Waals surface area contributed by atoms with Crippen LogP contribution in [0.4, 0.5) is 0 Å². The van der Waals surface area contributed by atoms with E-state index in [4.69, 9.17) is 0 Å². The van der Waals surface area contributed by atoms with Gasteiger partial charge in [0.2, 0.25) is 0 Å². The molecule has 1 aliphatic carbocycles. The maximum Gasteiger partial charge on any atom is 0.271 e. The molecule has 0 bridgehead atoms. The lowest BCUT2D eigenvalue weighted by atomic mass is 10.1. The molecule has 0 amide bonds. The van der Waals surface area contributed by atoms with Gasteiger partial charge in [0.05, 0.1) is 15.9 Å². The van der Waals surface area contributed by atoms with E-state index in [0.717, 1.165) is 6.08 Å². The molecule has 0 radical (unpaired) electrons. The summed E-state index contributed by atoms with van der Waals surface area (Å²) in [4.78, 5) is 19.2. The van der Waals surface area contributed by atoms with Gasteiger partial charge < -0.3 is 0 Å². The van der Waals surface area contributed by atoms with E-state index in [1.54, 1.807) is 0 Å². The highest BCUT2D eigenvalue weighted by Gasteiger charge is 2.20. The van der Waals surface area contributed by atoms with Gasteiger partial charge in [0.15, 0.2) is 0 Å². The second kappa shape index (κ2) is 3.12. The number of nitrogens with zero attached hydrogens (tertiary/aromatic N) is 2. The van der Waals surface area contributed by atoms with Gasteiger partial charge in [-0.05, 0) is 12.5 Å². The molecule has 0 aromatic rings. The summed E-state index contributed by atoms with van der Waals surface area (Å²) in [6.07, 6.45) is 3.02. The molecule has 0 N–H and O–H groups in total. The van der Waals surface area contributed by atoms with E-state index in [2.05, 4.69) is 0 Å². The molecule has 0 aromatic carbocycles. The standard InChI is InChI=1S/C6H6N2O4/c9-7(10)5-2-1-3-6(4-5)8(11)12/h2,4H,1,3H2. The quantitative estimate of drug-likeness (QED) is 0.458. The average molecular weight is 170 g/mol. The Morgan fingerprint density at radius 1 is 1.25 bits per heavy atom. The highest BCUT2D eigenvalue weighted by atomic mass is 16.6. The molecule has 0 aliphatic heterocycles. The van der Waals surface area contributed by atoms with Crippen molar-refractivity contribution in [2.45, 2.75) is 12.8 Å². The Hall–Kier alpha value is -1.72. The highest BCUT2D eigenvalue weighted by Crippen LogP contribution is 2.17. The summed E-state index contributed by atoms with van der Waals surface area (Å²) in [6.45, 7) is 0. The first kappa shape index (κ1) is 8.38. The third-order valence-electron chi connectivity index (χ3n) is 1.51. The summed E-state index contributed by atoms with van der Waals surface area (Å²) in [5.41, 5.74) is -0.280. The number of rotatable bonds is 2. The molecule has 1 rings (SSSR count). The van der Waals surface area contributed by atoms with Crippen molar-refractivity contribution >= 4 is 0 Å². The Balaban J connectivity index is 2.88. The van der Waals surface area contributed by atoms with Gasteiger partial charge in [-0.15, -0.1) is 0 Å². The predicted molar refractivity (Wildman–Crippen MR) is 39.4 cm³/mol. The zero-order valence-electron chi connectivity index (χ0n) is 6.10. The molecule has 6 heteroatoms. The molecule has 0 atom stereocenters. The molecule has 0 saturated carbocycles. The van der Waals surface area contributed by atoms with Crippen molar-refractivity contribution in [3.05, 3.63) is 43.8 Å². The van der Waals surface area contributed by atoms with Crippen LogP contribution in [-0.4, -0.2) is 9.85 Å². The highest BCUT2D eigenvalue weighted by molar-refractivity contribution is 5.18. The van der Waals surface area contributed by atoms with E-state index >= 15 is 0 Å². The van der Waals surface area contributed by atoms with E-state index in [0.29, 0.717) is 6.42 Å². The van der Waals surface area contributed by atoms with Gasteiger partial charge in [0.25, 0.3) is 11.4 Å². The van der Waals surface area contributed by atoms with Crippen LogP contribution < -0.4 is 0 Å². The maximum atomic E-state index is 10.2. The van der Waals surface area contributed by atoms with Crippen molar-refractivity contribution in [3.8, 4) is 0 Å². The average Bonchev–Trinajstić information content (AvgIpc) is 2.04. The molecule has 0 fully saturated rings. The lowest BCUT2D eigenvalue weighted by Gasteiger charge is -2.00. The Labute approximate surface area is 67.5 Å². The zero-order chi connectivity index (χ0) is 9.14. The SMILES string of the molecule is O=[N+]([O-])C1=CCCC([N+](=O)[O-])=C1. The molecular formula is C6H6N2O4. The van der Waals surface area contributed by atoms with Crippen LogP contribution in [0.5, 0.6) is 0 Å². The fourth-order valence-corrected chi connectivity index (χ4v) is 0.941. The molecule has 0 unspecified atom stereocenters.